The summed E-state index contributed by atoms with van der Waals surface area (Å²) in [6.45, 7) is 4.83. The molecule has 0 radical (unpaired) electrons. The normalized spacial score (nSPS) is 14.7. The molecule has 3 amide bonds. The van der Waals surface area contributed by atoms with Gasteiger partial charge in [-0.1, -0.05) is 24.3 Å². The van der Waals surface area contributed by atoms with E-state index in [1.54, 1.807) is 62.8 Å². The second-order valence-electron chi connectivity index (χ2n) is 8.97. The summed E-state index contributed by atoms with van der Waals surface area (Å²) in [5, 5.41) is 7.96. The maximum Gasteiger partial charge on any atom is 0.338 e. The summed E-state index contributed by atoms with van der Waals surface area (Å²) in [5.41, 5.74) is 2.22. The zero-order valence-corrected chi connectivity index (χ0v) is 22.9. The molecule has 1 aromatic heterocycles. The fourth-order valence-electron chi connectivity index (χ4n) is 4.44. The molecule has 210 valence electrons. The Bertz CT molecular complexity index is 1540. The van der Waals surface area contributed by atoms with Crippen molar-refractivity contribution in [1.82, 2.24) is 20.0 Å². The van der Waals surface area contributed by atoms with E-state index in [0.29, 0.717) is 22.6 Å². The predicted octanol–water partition coefficient (Wildman–Crippen LogP) is 2.70. The molecule has 0 saturated heterocycles. The third-order valence-electron chi connectivity index (χ3n) is 6.46. The molecule has 0 aliphatic carbocycles. The number of esters is 1. The molecule has 12 nitrogen and oxygen atoms in total. The second-order valence-corrected chi connectivity index (χ2v) is 8.97. The standard InChI is InChI=1S/C28H31N5O7/c1-6-39-27(36)23-16(2)29-28(37)31-25(23)18-12-13-20(21(14-18)38-5)40-15-22(34)30-24-17(3)32(4)33(26(24)35)19-10-8-7-9-11-19/h7-14,25H,6,15H2,1-5H3,(H,30,34)(H2,29,31,37)/t25-/m1/s1. The number of hydrogen-bond donors (Lipinski definition) is 3. The minimum atomic E-state index is -0.785. The largest absolute Gasteiger partial charge is 0.493 e. The van der Waals surface area contributed by atoms with Crippen LogP contribution in [0.2, 0.25) is 0 Å². The monoisotopic (exact) mass is 549 g/mol. The van der Waals surface area contributed by atoms with Crippen molar-refractivity contribution in [3.63, 3.8) is 0 Å². The lowest BCUT2D eigenvalue weighted by Gasteiger charge is -2.28. The van der Waals surface area contributed by atoms with Crippen molar-refractivity contribution in [2.24, 2.45) is 7.05 Å². The molecule has 4 rings (SSSR count). The molecule has 1 atom stereocenters. The van der Waals surface area contributed by atoms with Gasteiger partial charge in [0, 0.05) is 12.7 Å². The summed E-state index contributed by atoms with van der Waals surface area (Å²) in [6, 6.07) is 12.7. The lowest BCUT2D eigenvalue weighted by atomic mass is 9.95. The van der Waals surface area contributed by atoms with Gasteiger partial charge in [0.25, 0.3) is 11.5 Å². The molecule has 40 heavy (non-hydrogen) atoms. The molecule has 2 heterocycles. The Kier molecular flexibility index (Phi) is 8.27. The first kappa shape index (κ1) is 28.0. The topological polar surface area (TPSA) is 142 Å². The molecule has 0 saturated carbocycles. The Hall–Kier alpha value is -5.00. The number of anilines is 1. The lowest BCUT2D eigenvalue weighted by molar-refractivity contribution is -0.139. The van der Waals surface area contributed by atoms with Gasteiger partial charge in [0.2, 0.25) is 0 Å². The van der Waals surface area contributed by atoms with E-state index >= 15 is 0 Å². The number of hydrogen-bond acceptors (Lipinski definition) is 7. The summed E-state index contributed by atoms with van der Waals surface area (Å²) in [4.78, 5) is 50.6. The average Bonchev–Trinajstić information content (AvgIpc) is 3.14. The SMILES string of the molecule is CCOC(=O)C1=C(C)NC(=O)N[C@@H]1c1ccc(OCC(=O)Nc2c(C)n(C)n(-c3ccccc3)c2=O)c(OC)c1. The van der Waals surface area contributed by atoms with Gasteiger partial charge in [0.15, 0.2) is 18.1 Å². The van der Waals surface area contributed by atoms with Gasteiger partial charge in [-0.05, 0) is 50.6 Å². The number of carbonyl (C=O) groups excluding carboxylic acids is 3. The van der Waals surface area contributed by atoms with Crippen LogP contribution in [-0.2, 0) is 21.4 Å². The highest BCUT2D eigenvalue weighted by molar-refractivity contribution is 5.95. The summed E-state index contributed by atoms with van der Waals surface area (Å²) < 4.78 is 19.5. The van der Waals surface area contributed by atoms with Crippen molar-refractivity contribution in [3.05, 3.63) is 81.4 Å². The smallest absolute Gasteiger partial charge is 0.338 e. The Labute approximate surface area is 230 Å². The summed E-state index contributed by atoms with van der Waals surface area (Å²) in [6.07, 6.45) is 0. The van der Waals surface area contributed by atoms with E-state index in [9.17, 15) is 19.2 Å². The number of nitrogens with one attached hydrogen (secondary N) is 3. The van der Waals surface area contributed by atoms with Gasteiger partial charge >= 0.3 is 12.0 Å². The van der Waals surface area contributed by atoms with Crippen LogP contribution in [-0.4, -0.2) is 47.6 Å². The predicted molar refractivity (Wildman–Crippen MR) is 147 cm³/mol. The molecule has 12 heteroatoms. The number of benzene rings is 2. The van der Waals surface area contributed by atoms with E-state index in [1.165, 1.54) is 11.8 Å². The third kappa shape index (κ3) is 5.55. The maximum absolute atomic E-state index is 13.1. The third-order valence-corrected chi connectivity index (χ3v) is 6.46. The van der Waals surface area contributed by atoms with Gasteiger partial charge in [0.05, 0.1) is 36.7 Å². The van der Waals surface area contributed by atoms with Crippen LogP contribution in [0.25, 0.3) is 5.69 Å². The van der Waals surface area contributed by atoms with Crippen LogP contribution in [0.3, 0.4) is 0 Å². The van der Waals surface area contributed by atoms with Gasteiger partial charge in [0.1, 0.15) is 5.69 Å². The molecule has 3 aromatic rings. The lowest BCUT2D eigenvalue weighted by Crippen LogP contribution is -2.45. The summed E-state index contributed by atoms with van der Waals surface area (Å²) >= 11 is 0. The number of para-hydroxylation sites is 1. The van der Waals surface area contributed by atoms with E-state index in [-0.39, 0.29) is 34.9 Å². The molecule has 1 aliphatic rings. The van der Waals surface area contributed by atoms with Crippen molar-refractivity contribution in [2.75, 3.05) is 25.6 Å². The maximum atomic E-state index is 13.1. The van der Waals surface area contributed by atoms with E-state index in [1.807, 2.05) is 18.2 Å². The van der Waals surface area contributed by atoms with Gasteiger partial charge in [-0.2, -0.15) is 0 Å². The molecular weight excluding hydrogens is 518 g/mol. The van der Waals surface area contributed by atoms with Crippen LogP contribution in [0.5, 0.6) is 11.5 Å². The van der Waals surface area contributed by atoms with Gasteiger partial charge < -0.3 is 30.2 Å². The minimum Gasteiger partial charge on any atom is -0.493 e. The Morgan fingerprint density at radius 3 is 2.45 bits per heavy atom. The first-order valence-corrected chi connectivity index (χ1v) is 12.6. The van der Waals surface area contributed by atoms with E-state index in [0.717, 1.165) is 0 Å². The number of amides is 3. The molecule has 0 unspecified atom stereocenters. The Morgan fingerprint density at radius 1 is 1.05 bits per heavy atom. The number of allylic oxidation sites excluding steroid dienone is 1. The van der Waals surface area contributed by atoms with E-state index < -0.39 is 30.6 Å². The Morgan fingerprint density at radius 2 is 1.77 bits per heavy atom. The molecular formula is C28H31N5O7. The van der Waals surface area contributed by atoms with Crippen molar-refractivity contribution < 1.29 is 28.6 Å². The van der Waals surface area contributed by atoms with Gasteiger partial charge in [-0.25, -0.2) is 14.3 Å². The van der Waals surface area contributed by atoms with Crippen LogP contribution in [0.1, 0.15) is 31.1 Å². The van der Waals surface area contributed by atoms with E-state index in [2.05, 4.69) is 16.0 Å². The highest BCUT2D eigenvalue weighted by atomic mass is 16.5. The molecule has 1 aliphatic heterocycles. The summed E-state index contributed by atoms with van der Waals surface area (Å²) in [5.74, 6) is -0.560. The number of carbonyl (C=O) groups is 3. The fraction of sp³-hybridized carbons (Fsp3) is 0.286. The average molecular weight is 550 g/mol. The Balaban J connectivity index is 1.51. The molecule has 2 aromatic carbocycles. The number of aromatic nitrogens is 2. The molecule has 3 N–H and O–H groups in total. The first-order chi connectivity index (χ1) is 19.2. The van der Waals surface area contributed by atoms with Crippen molar-refractivity contribution in [3.8, 4) is 17.2 Å². The number of urea groups is 1. The number of rotatable bonds is 9. The quantitative estimate of drug-likeness (QED) is 0.349. The number of methoxy groups -OCH3 is 1. The van der Waals surface area contributed by atoms with Crippen molar-refractivity contribution >= 4 is 23.6 Å². The summed E-state index contributed by atoms with van der Waals surface area (Å²) in [7, 11) is 3.16. The van der Waals surface area contributed by atoms with Crippen molar-refractivity contribution in [1.29, 1.82) is 0 Å². The zero-order valence-electron chi connectivity index (χ0n) is 22.9. The van der Waals surface area contributed by atoms with Crippen LogP contribution >= 0.6 is 0 Å². The first-order valence-electron chi connectivity index (χ1n) is 12.6. The highest BCUT2D eigenvalue weighted by Gasteiger charge is 2.32. The van der Waals surface area contributed by atoms with Crippen LogP contribution in [0.4, 0.5) is 10.5 Å². The van der Waals surface area contributed by atoms with Gasteiger partial charge in [-0.15, -0.1) is 0 Å². The van der Waals surface area contributed by atoms with Gasteiger partial charge in [-0.3, -0.25) is 14.3 Å². The van der Waals surface area contributed by atoms with Crippen molar-refractivity contribution in [2.45, 2.75) is 26.8 Å². The van der Waals surface area contributed by atoms with Crippen LogP contribution < -0.4 is 31.0 Å². The second kappa shape index (κ2) is 11.8. The number of nitrogens with zero attached hydrogens (tertiary/aromatic N) is 2. The highest BCUT2D eigenvalue weighted by Crippen LogP contribution is 2.34. The molecule has 0 fully saturated rings. The minimum absolute atomic E-state index is 0.151. The zero-order chi connectivity index (χ0) is 29.0. The van der Waals surface area contributed by atoms with E-state index in [4.69, 9.17) is 14.2 Å². The molecule has 0 spiro atoms. The van der Waals surface area contributed by atoms with Crippen LogP contribution in [0, 0.1) is 6.92 Å². The number of ether oxygens (including phenoxy) is 3. The fourth-order valence-corrected chi connectivity index (χ4v) is 4.44. The molecule has 0 bridgehead atoms. The van der Waals surface area contributed by atoms with Crippen LogP contribution in [0.15, 0.2) is 64.6 Å².